The molecule has 0 aliphatic heterocycles. The second-order valence-electron chi connectivity index (χ2n) is 11.9. The van der Waals surface area contributed by atoms with Crippen molar-refractivity contribution in [2.45, 2.75) is 130 Å². The fourth-order valence-electron chi connectivity index (χ4n) is 5.04. The Hall–Kier alpha value is -2.57. The van der Waals surface area contributed by atoms with Crippen LogP contribution in [0.2, 0.25) is 0 Å². The highest BCUT2D eigenvalue weighted by atomic mass is 16.6. The van der Waals surface area contributed by atoms with Crippen molar-refractivity contribution < 1.29 is 19.1 Å². The Morgan fingerprint density at radius 2 is 1.76 bits per heavy atom. The molecule has 3 unspecified atom stereocenters. The molecular formula is C31H51N3O4. The van der Waals surface area contributed by atoms with E-state index in [1.165, 1.54) is 6.42 Å². The number of amides is 3. The molecule has 1 aliphatic rings. The minimum Gasteiger partial charge on any atom is -0.444 e. The Morgan fingerprint density at radius 3 is 2.34 bits per heavy atom. The third kappa shape index (κ3) is 9.95. The van der Waals surface area contributed by atoms with Crippen LogP contribution in [0, 0.1) is 12.8 Å². The van der Waals surface area contributed by atoms with Crippen molar-refractivity contribution in [3.8, 4) is 0 Å². The summed E-state index contributed by atoms with van der Waals surface area (Å²) in [5.41, 5.74) is 1.14. The normalized spacial score (nSPS) is 16.7. The number of carbonyl (C=O) groups is 3. The largest absolute Gasteiger partial charge is 0.444 e. The van der Waals surface area contributed by atoms with Gasteiger partial charge in [0.2, 0.25) is 11.8 Å². The van der Waals surface area contributed by atoms with Crippen LogP contribution in [0.4, 0.5) is 4.79 Å². The van der Waals surface area contributed by atoms with Crippen molar-refractivity contribution in [1.82, 2.24) is 15.5 Å². The Kier molecular flexibility index (Phi) is 12.6. The molecule has 2 N–H and O–H groups in total. The van der Waals surface area contributed by atoms with Crippen LogP contribution in [-0.2, 0) is 14.3 Å². The zero-order valence-electron chi connectivity index (χ0n) is 24.8. The Balaban J connectivity index is 2.47. The van der Waals surface area contributed by atoms with Crippen LogP contribution in [0.1, 0.15) is 116 Å². The smallest absolute Gasteiger partial charge is 0.408 e. The second-order valence-corrected chi connectivity index (χ2v) is 11.9. The van der Waals surface area contributed by atoms with Gasteiger partial charge in [-0.05, 0) is 58.4 Å². The van der Waals surface area contributed by atoms with E-state index < -0.39 is 23.8 Å². The van der Waals surface area contributed by atoms with E-state index in [2.05, 4.69) is 17.6 Å². The first-order valence-corrected chi connectivity index (χ1v) is 14.6. The first kappa shape index (κ1) is 31.6. The van der Waals surface area contributed by atoms with Gasteiger partial charge in [-0.25, -0.2) is 4.79 Å². The highest BCUT2D eigenvalue weighted by molar-refractivity contribution is 5.92. The zero-order valence-corrected chi connectivity index (χ0v) is 24.8. The van der Waals surface area contributed by atoms with Gasteiger partial charge >= 0.3 is 6.09 Å². The lowest BCUT2D eigenvalue weighted by molar-refractivity contribution is -0.144. The quantitative estimate of drug-likeness (QED) is 0.305. The highest BCUT2D eigenvalue weighted by Gasteiger charge is 2.38. The molecule has 0 spiro atoms. The van der Waals surface area contributed by atoms with Crippen molar-refractivity contribution >= 4 is 17.9 Å². The molecule has 7 heteroatoms. The molecule has 1 aliphatic carbocycles. The predicted molar refractivity (Wildman–Crippen MR) is 153 cm³/mol. The van der Waals surface area contributed by atoms with Crippen molar-refractivity contribution in [2.75, 3.05) is 6.54 Å². The molecule has 1 saturated carbocycles. The van der Waals surface area contributed by atoms with Crippen molar-refractivity contribution in [1.29, 1.82) is 0 Å². The summed E-state index contributed by atoms with van der Waals surface area (Å²) in [7, 11) is 0. The van der Waals surface area contributed by atoms with Crippen molar-refractivity contribution in [3.63, 3.8) is 0 Å². The summed E-state index contributed by atoms with van der Waals surface area (Å²) in [5.74, 6) is -0.526. The van der Waals surface area contributed by atoms with Gasteiger partial charge in [-0.15, -0.1) is 0 Å². The van der Waals surface area contributed by atoms with E-state index in [1.807, 2.05) is 45.0 Å². The second kappa shape index (κ2) is 15.1. The first-order chi connectivity index (χ1) is 18.0. The molecule has 214 valence electrons. The van der Waals surface area contributed by atoms with Crippen LogP contribution in [0.25, 0.3) is 0 Å². The topological polar surface area (TPSA) is 87.7 Å². The summed E-state index contributed by atoms with van der Waals surface area (Å²) in [4.78, 5) is 42.7. The summed E-state index contributed by atoms with van der Waals surface area (Å²) in [6.07, 6.45) is 8.13. The molecule has 2 rings (SSSR count). The Labute approximate surface area is 230 Å². The number of hydrogen-bond acceptors (Lipinski definition) is 4. The van der Waals surface area contributed by atoms with Crippen molar-refractivity contribution in [3.05, 3.63) is 35.4 Å². The third-order valence-corrected chi connectivity index (χ3v) is 7.31. The fourth-order valence-corrected chi connectivity index (χ4v) is 5.04. The van der Waals surface area contributed by atoms with E-state index in [4.69, 9.17) is 4.74 Å². The monoisotopic (exact) mass is 529 g/mol. The number of rotatable bonds is 12. The summed E-state index contributed by atoms with van der Waals surface area (Å²) < 4.78 is 5.50. The minimum atomic E-state index is -0.800. The predicted octanol–water partition coefficient (Wildman–Crippen LogP) is 6.44. The van der Waals surface area contributed by atoms with E-state index in [9.17, 15) is 14.4 Å². The number of ether oxygens (including phenoxy) is 1. The maximum absolute atomic E-state index is 14.3. The molecule has 0 heterocycles. The molecule has 3 atom stereocenters. The average molecular weight is 530 g/mol. The molecule has 1 fully saturated rings. The molecule has 0 saturated heterocycles. The van der Waals surface area contributed by atoms with Gasteiger partial charge in [-0.1, -0.05) is 89.1 Å². The van der Waals surface area contributed by atoms with Gasteiger partial charge < -0.3 is 20.3 Å². The Morgan fingerprint density at radius 1 is 1.08 bits per heavy atom. The third-order valence-electron chi connectivity index (χ3n) is 7.31. The van der Waals surface area contributed by atoms with Gasteiger partial charge in [0, 0.05) is 12.6 Å². The SMILES string of the molecule is CCCCCN(C(=O)C(NC(=O)OC(C)(C)C)C(C)CC)C(C(=O)NC1CCCCC1)c1cccc(C)c1. The van der Waals surface area contributed by atoms with Gasteiger partial charge in [-0.3, -0.25) is 9.59 Å². The molecule has 0 aromatic heterocycles. The number of nitrogens with zero attached hydrogens (tertiary/aromatic N) is 1. The van der Waals surface area contributed by atoms with E-state index >= 15 is 0 Å². The number of hydrogen-bond donors (Lipinski definition) is 2. The van der Waals surface area contributed by atoms with E-state index in [-0.39, 0.29) is 23.8 Å². The average Bonchev–Trinajstić information content (AvgIpc) is 2.85. The van der Waals surface area contributed by atoms with Crippen LogP contribution in [0.15, 0.2) is 24.3 Å². The van der Waals surface area contributed by atoms with Gasteiger partial charge in [0.05, 0.1) is 0 Å². The van der Waals surface area contributed by atoms with Gasteiger partial charge in [0.1, 0.15) is 17.7 Å². The first-order valence-electron chi connectivity index (χ1n) is 14.6. The number of nitrogens with one attached hydrogen (secondary N) is 2. The highest BCUT2D eigenvalue weighted by Crippen LogP contribution is 2.27. The summed E-state index contributed by atoms with van der Waals surface area (Å²) in [6, 6.07) is 6.41. The standard InChI is InChI=1S/C31H51N3O4/c1-8-10-14-20-34(29(36)26(23(4)9-2)33-30(37)38-31(5,6)7)27(24-17-15-16-22(3)21-24)28(35)32-25-18-12-11-13-19-25/h15-17,21,23,25-27H,8-14,18-20H2,1-7H3,(H,32,35)(H,33,37). The maximum Gasteiger partial charge on any atom is 0.408 e. The summed E-state index contributed by atoms with van der Waals surface area (Å²) >= 11 is 0. The van der Waals surface area contributed by atoms with Crippen LogP contribution >= 0.6 is 0 Å². The van der Waals surface area contributed by atoms with Crippen LogP contribution in [0.5, 0.6) is 0 Å². The van der Waals surface area contributed by atoms with E-state index in [0.29, 0.717) is 13.0 Å². The molecule has 0 radical (unpaired) electrons. The zero-order chi connectivity index (χ0) is 28.3. The molecule has 7 nitrogen and oxygen atoms in total. The number of unbranched alkanes of at least 4 members (excludes halogenated alkanes) is 2. The molecule has 0 bridgehead atoms. The maximum atomic E-state index is 14.3. The van der Waals surface area contributed by atoms with Gasteiger partial charge in [-0.2, -0.15) is 0 Å². The number of benzene rings is 1. The minimum absolute atomic E-state index is 0.126. The van der Waals surface area contributed by atoms with Gasteiger partial charge in [0.15, 0.2) is 0 Å². The van der Waals surface area contributed by atoms with E-state index in [1.54, 1.807) is 25.7 Å². The molecular weight excluding hydrogens is 478 g/mol. The molecule has 3 amide bonds. The lowest BCUT2D eigenvalue weighted by Crippen LogP contribution is -2.56. The number of carbonyl (C=O) groups excluding carboxylic acids is 3. The number of aryl methyl sites for hydroxylation is 1. The lowest BCUT2D eigenvalue weighted by Gasteiger charge is -2.37. The van der Waals surface area contributed by atoms with Gasteiger partial charge in [0.25, 0.3) is 0 Å². The number of alkyl carbamates (subject to hydrolysis) is 1. The lowest BCUT2D eigenvalue weighted by atomic mass is 9.93. The molecule has 1 aromatic rings. The fraction of sp³-hybridized carbons (Fsp3) is 0.710. The van der Waals surface area contributed by atoms with Crippen molar-refractivity contribution in [2.24, 2.45) is 5.92 Å². The van der Waals surface area contributed by atoms with Crippen LogP contribution < -0.4 is 10.6 Å². The molecule has 38 heavy (non-hydrogen) atoms. The Bertz CT molecular complexity index is 905. The van der Waals surface area contributed by atoms with E-state index in [0.717, 1.165) is 56.1 Å². The molecule has 1 aromatic carbocycles. The summed E-state index contributed by atoms with van der Waals surface area (Å²) in [5, 5.41) is 6.12. The van der Waals surface area contributed by atoms with Crippen LogP contribution in [0.3, 0.4) is 0 Å². The summed E-state index contributed by atoms with van der Waals surface area (Å²) in [6.45, 7) is 13.9. The van der Waals surface area contributed by atoms with Crippen LogP contribution in [-0.4, -0.2) is 47.0 Å².